The van der Waals surface area contributed by atoms with Gasteiger partial charge in [-0.25, -0.2) is 4.98 Å². The number of hydrogen-bond acceptors (Lipinski definition) is 6. The highest BCUT2D eigenvalue weighted by Gasteiger charge is 2.14. The van der Waals surface area contributed by atoms with Gasteiger partial charge in [-0.1, -0.05) is 50.1 Å². The Hall–Kier alpha value is -2.84. The third kappa shape index (κ3) is 6.18. The lowest BCUT2D eigenvalue weighted by molar-refractivity contribution is -0.113. The fourth-order valence-corrected chi connectivity index (χ4v) is 4.88. The molecule has 8 heteroatoms. The monoisotopic (exact) mass is 480 g/mol. The van der Waals surface area contributed by atoms with E-state index in [1.165, 1.54) is 11.8 Å². The average Bonchev–Trinajstić information content (AvgIpc) is 2.87. The Morgan fingerprint density at radius 3 is 2.59 bits per heavy atom. The number of nitrogens with one attached hydrogen (secondary N) is 1. The second-order valence-electron chi connectivity index (χ2n) is 8.41. The predicted molar refractivity (Wildman–Crippen MR) is 139 cm³/mol. The molecule has 0 bridgehead atoms. The molecule has 3 aromatic rings. The number of unbranched alkanes of at least 4 members (excludes halogenated alkanes) is 3. The maximum atomic E-state index is 13.1. The number of carbonyl (C=O) groups excluding carboxylic acids is 1. The van der Waals surface area contributed by atoms with Crippen molar-refractivity contribution in [3.63, 3.8) is 0 Å². The minimum absolute atomic E-state index is 0.0382. The summed E-state index contributed by atoms with van der Waals surface area (Å²) in [5, 5.41) is 4.17. The second-order valence-corrected chi connectivity index (χ2v) is 9.35. The van der Waals surface area contributed by atoms with Crippen molar-refractivity contribution in [3.8, 4) is 0 Å². The Bertz CT molecular complexity index is 1160. The Kier molecular flexibility index (Phi) is 8.60. The van der Waals surface area contributed by atoms with Gasteiger partial charge in [0.05, 0.1) is 29.9 Å². The smallest absolute Gasteiger partial charge is 0.262 e. The molecule has 4 rings (SSSR count). The van der Waals surface area contributed by atoms with Crippen LogP contribution in [0.2, 0.25) is 0 Å². The van der Waals surface area contributed by atoms with Crippen LogP contribution in [0.15, 0.2) is 58.5 Å². The van der Waals surface area contributed by atoms with Crippen molar-refractivity contribution in [2.24, 2.45) is 0 Å². The zero-order valence-electron chi connectivity index (χ0n) is 19.7. The van der Waals surface area contributed by atoms with Crippen LogP contribution in [0.25, 0.3) is 10.9 Å². The largest absolute Gasteiger partial charge is 0.378 e. The molecular formula is C26H32N4O3S. The summed E-state index contributed by atoms with van der Waals surface area (Å²) in [5.41, 5.74) is 2.51. The molecule has 0 atom stereocenters. The molecular weight excluding hydrogens is 448 g/mol. The van der Waals surface area contributed by atoms with Crippen LogP contribution in [0.3, 0.4) is 0 Å². The molecule has 180 valence electrons. The van der Waals surface area contributed by atoms with E-state index in [0.717, 1.165) is 63.4 Å². The summed E-state index contributed by atoms with van der Waals surface area (Å²) in [4.78, 5) is 32.7. The van der Waals surface area contributed by atoms with Gasteiger partial charge in [-0.2, -0.15) is 0 Å². The predicted octanol–water partition coefficient (Wildman–Crippen LogP) is 4.54. The molecule has 1 saturated heterocycles. The van der Waals surface area contributed by atoms with E-state index in [2.05, 4.69) is 17.1 Å². The third-order valence-corrected chi connectivity index (χ3v) is 6.90. The topological polar surface area (TPSA) is 76.5 Å². The van der Waals surface area contributed by atoms with E-state index in [4.69, 9.17) is 9.72 Å². The molecule has 34 heavy (non-hydrogen) atoms. The molecule has 0 aliphatic carbocycles. The van der Waals surface area contributed by atoms with Gasteiger partial charge in [0.2, 0.25) is 5.91 Å². The number of morpholine rings is 1. The van der Waals surface area contributed by atoms with E-state index < -0.39 is 0 Å². The van der Waals surface area contributed by atoms with Crippen molar-refractivity contribution in [2.45, 2.75) is 44.3 Å². The van der Waals surface area contributed by atoms with Crippen LogP contribution in [0, 0.1) is 0 Å². The lowest BCUT2D eigenvalue weighted by atomic mass is 10.2. The molecule has 2 heterocycles. The van der Waals surface area contributed by atoms with E-state index in [9.17, 15) is 9.59 Å². The minimum atomic E-state index is -0.121. The number of para-hydroxylation sites is 1. The summed E-state index contributed by atoms with van der Waals surface area (Å²) in [6, 6.07) is 15.3. The molecule has 1 aromatic heterocycles. The summed E-state index contributed by atoms with van der Waals surface area (Å²) in [7, 11) is 0. The number of thioether (sulfide) groups is 1. The number of aromatic nitrogens is 2. The van der Waals surface area contributed by atoms with Crippen molar-refractivity contribution in [2.75, 3.05) is 42.3 Å². The van der Waals surface area contributed by atoms with Crippen LogP contribution in [0.4, 0.5) is 11.4 Å². The first-order valence-corrected chi connectivity index (χ1v) is 13.0. The van der Waals surface area contributed by atoms with Crippen molar-refractivity contribution < 1.29 is 9.53 Å². The molecule has 1 N–H and O–H groups in total. The van der Waals surface area contributed by atoms with E-state index in [1.807, 2.05) is 48.5 Å². The van der Waals surface area contributed by atoms with E-state index in [1.54, 1.807) is 4.57 Å². The van der Waals surface area contributed by atoms with Crippen LogP contribution >= 0.6 is 11.8 Å². The number of nitrogens with zero attached hydrogens (tertiary/aromatic N) is 3. The number of amides is 1. The van der Waals surface area contributed by atoms with Gasteiger partial charge in [-0.3, -0.25) is 14.2 Å². The van der Waals surface area contributed by atoms with Crippen molar-refractivity contribution in [3.05, 3.63) is 58.9 Å². The Morgan fingerprint density at radius 1 is 1.06 bits per heavy atom. The van der Waals surface area contributed by atoms with Gasteiger partial charge in [0, 0.05) is 31.0 Å². The first-order chi connectivity index (χ1) is 16.7. The number of hydrogen-bond donors (Lipinski definition) is 1. The fraction of sp³-hybridized carbons (Fsp3) is 0.423. The zero-order valence-corrected chi connectivity index (χ0v) is 20.5. The summed E-state index contributed by atoms with van der Waals surface area (Å²) in [6.45, 7) is 6.01. The van der Waals surface area contributed by atoms with Gasteiger partial charge in [-0.05, 0) is 42.8 Å². The third-order valence-electron chi connectivity index (χ3n) is 5.92. The van der Waals surface area contributed by atoms with Gasteiger partial charge < -0.3 is 15.0 Å². The molecule has 7 nitrogen and oxygen atoms in total. The summed E-state index contributed by atoms with van der Waals surface area (Å²) in [6.07, 6.45) is 4.27. The average molecular weight is 481 g/mol. The maximum Gasteiger partial charge on any atom is 0.262 e. The summed E-state index contributed by atoms with van der Waals surface area (Å²) >= 11 is 1.31. The lowest BCUT2D eigenvalue weighted by Gasteiger charge is -2.28. The fourth-order valence-electron chi connectivity index (χ4n) is 4.06. The van der Waals surface area contributed by atoms with Gasteiger partial charge >= 0.3 is 0 Å². The van der Waals surface area contributed by atoms with Crippen LogP contribution in [-0.2, 0) is 16.1 Å². The van der Waals surface area contributed by atoms with Gasteiger partial charge in [0.25, 0.3) is 5.56 Å². The highest BCUT2D eigenvalue weighted by Crippen LogP contribution is 2.21. The van der Waals surface area contributed by atoms with Crippen LogP contribution < -0.4 is 15.8 Å². The minimum Gasteiger partial charge on any atom is -0.378 e. The van der Waals surface area contributed by atoms with E-state index in [-0.39, 0.29) is 17.2 Å². The van der Waals surface area contributed by atoms with E-state index >= 15 is 0 Å². The molecule has 1 aliphatic rings. The van der Waals surface area contributed by atoms with Gasteiger partial charge in [0.1, 0.15) is 0 Å². The number of anilines is 2. The highest BCUT2D eigenvalue weighted by atomic mass is 32.2. The van der Waals surface area contributed by atoms with Gasteiger partial charge in [0.15, 0.2) is 5.16 Å². The standard InChI is InChI=1S/C26H32N4O3S/c1-2-3-4-7-14-30-25(32)22-8-5-6-9-23(22)28-26(30)34-19-24(31)27-20-10-12-21(13-11-20)29-15-17-33-18-16-29/h5-6,8-13H,2-4,7,14-19H2,1H3,(H,27,31). The quantitative estimate of drug-likeness (QED) is 0.261. The lowest BCUT2D eigenvalue weighted by Crippen LogP contribution is -2.36. The summed E-state index contributed by atoms with van der Waals surface area (Å²) in [5.74, 6) is 0.0642. The molecule has 0 saturated carbocycles. The van der Waals surface area contributed by atoms with Crippen LogP contribution in [-0.4, -0.2) is 47.5 Å². The maximum absolute atomic E-state index is 13.1. The van der Waals surface area contributed by atoms with Crippen molar-refractivity contribution in [1.82, 2.24) is 9.55 Å². The number of carbonyl (C=O) groups is 1. The number of benzene rings is 2. The molecule has 1 aliphatic heterocycles. The number of rotatable bonds is 10. The Labute approximate surface area is 204 Å². The molecule has 0 unspecified atom stereocenters. The molecule has 1 fully saturated rings. The first-order valence-electron chi connectivity index (χ1n) is 12.0. The molecule has 0 spiro atoms. The SMILES string of the molecule is CCCCCCn1c(SCC(=O)Nc2ccc(N3CCOCC3)cc2)nc2ccccc2c1=O. The van der Waals surface area contributed by atoms with Crippen LogP contribution in [0.1, 0.15) is 32.6 Å². The molecule has 2 aromatic carbocycles. The number of ether oxygens (including phenoxy) is 1. The van der Waals surface area contributed by atoms with Gasteiger partial charge in [-0.15, -0.1) is 0 Å². The first kappa shape index (κ1) is 24.3. The second kappa shape index (κ2) is 12.0. The number of fused-ring (bicyclic) bond motifs is 1. The normalized spacial score (nSPS) is 13.9. The van der Waals surface area contributed by atoms with Crippen LogP contribution in [0.5, 0.6) is 0 Å². The Morgan fingerprint density at radius 2 is 1.82 bits per heavy atom. The molecule has 1 amide bonds. The van der Waals surface area contributed by atoms with Crippen molar-refractivity contribution in [1.29, 1.82) is 0 Å². The van der Waals surface area contributed by atoms with Crippen molar-refractivity contribution >= 4 is 39.9 Å². The zero-order chi connectivity index (χ0) is 23.8. The molecule has 0 radical (unpaired) electrons. The Balaban J connectivity index is 1.41. The summed E-state index contributed by atoms with van der Waals surface area (Å²) < 4.78 is 7.13. The highest BCUT2D eigenvalue weighted by molar-refractivity contribution is 7.99. The van der Waals surface area contributed by atoms with E-state index in [0.29, 0.717) is 22.6 Å².